The molecule has 2 nitrogen and oxygen atoms in total. The summed E-state index contributed by atoms with van der Waals surface area (Å²) in [6.07, 6.45) is 5.87. The summed E-state index contributed by atoms with van der Waals surface area (Å²) in [7, 11) is 0. The van der Waals surface area contributed by atoms with Crippen LogP contribution in [0.3, 0.4) is 0 Å². The number of nitrogens with zero attached hydrogens (tertiary/aromatic N) is 2. The zero-order valence-corrected chi connectivity index (χ0v) is 6.54. The van der Waals surface area contributed by atoms with Gasteiger partial charge < -0.3 is 0 Å². The minimum Gasteiger partial charge on any atom is -0.234 e. The molecule has 0 amide bonds. The van der Waals surface area contributed by atoms with E-state index in [0.29, 0.717) is 0 Å². The van der Waals surface area contributed by atoms with Gasteiger partial charge in [0.15, 0.2) is 0 Å². The molecule has 0 aliphatic carbocycles. The first kappa shape index (κ1) is 7.06. The summed E-state index contributed by atoms with van der Waals surface area (Å²) in [5, 5.41) is 0. The molecule has 54 valence electrons. The Labute approximate surface area is 61.4 Å². The lowest BCUT2D eigenvalue weighted by molar-refractivity contribution is -0.698. The van der Waals surface area contributed by atoms with Crippen molar-refractivity contribution in [2.45, 2.75) is 20.4 Å². The molecule has 0 saturated heterocycles. The van der Waals surface area contributed by atoms with Crippen molar-refractivity contribution >= 4 is 6.20 Å². The summed E-state index contributed by atoms with van der Waals surface area (Å²) >= 11 is 0. The molecular formula is C8H13N2+. The van der Waals surface area contributed by atoms with Gasteiger partial charge in [0.25, 0.3) is 5.82 Å². The molecule has 1 aromatic heterocycles. The summed E-state index contributed by atoms with van der Waals surface area (Å²) in [5.74, 6) is 1.22. The van der Waals surface area contributed by atoms with E-state index in [9.17, 15) is 0 Å². The van der Waals surface area contributed by atoms with Crippen molar-refractivity contribution in [3.05, 3.63) is 24.8 Å². The van der Waals surface area contributed by atoms with Crippen molar-refractivity contribution in [3.63, 3.8) is 0 Å². The van der Waals surface area contributed by atoms with Gasteiger partial charge >= 0.3 is 0 Å². The molecule has 0 spiro atoms. The number of aryl methyl sites for hydroxylation is 1. The van der Waals surface area contributed by atoms with Crippen LogP contribution in [0.5, 0.6) is 0 Å². The van der Waals surface area contributed by atoms with Crippen LogP contribution in [0, 0.1) is 6.92 Å². The molecule has 0 fully saturated rings. The highest BCUT2D eigenvalue weighted by Crippen LogP contribution is 1.91. The van der Waals surface area contributed by atoms with Crippen LogP contribution in [0.1, 0.15) is 12.7 Å². The average Bonchev–Trinajstić information content (AvgIpc) is 2.30. The first-order valence-corrected chi connectivity index (χ1v) is 3.49. The van der Waals surface area contributed by atoms with Crippen LogP contribution in [0.4, 0.5) is 0 Å². The van der Waals surface area contributed by atoms with Crippen molar-refractivity contribution in [1.82, 2.24) is 4.57 Å². The van der Waals surface area contributed by atoms with Crippen LogP contribution in [0.25, 0.3) is 6.20 Å². The zero-order valence-electron chi connectivity index (χ0n) is 6.54. The fraction of sp³-hybridized carbons (Fsp3) is 0.375. The van der Waals surface area contributed by atoms with Gasteiger partial charge in [-0.3, -0.25) is 0 Å². The highest BCUT2D eigenvalue weighted by molar-refractivity contribution is 5.16. The molecule has 0 aliphatic rings. The zero-order chi connectivity index (χ0) is 7.56. The molecule has 0 aliphatic heterocycles. The number of aromatic nitrogens is 2. The topological polar surface area (TPSA) is 8.81 Å². The summed E-state index contributed by atoms with van der Waals surface area (Å²) in [5.41, 5.74) is 0. The summed E-state index contributed by atoms with van der Waals surface area (Å²) in [6.45, 7) is 8.91. The van der Waals surface area contributed by atoms with Gasteiger partial charge in [0.1, 0.15) is 12.4 Å². The highest BCUT2D eigenvalue weighted by atomic mass is 15.1. The Morgan fingerprint density at radius 3 is 2.80 bits per heavy atom. The van der Waals surface area contributed by atoms with E-state index in [0.717, 1.165) is 6.54 Å². The molecule has 0 aromatic carbocycles. The summed E-state index contributed by atoms with van der Waals surface area (Å²) in [4.78, 5) is 0. The SMILES string of the molecule is C=Cn1cc[n+](CC)c1C. The van der Waals surface area contributed by atoms with Gasteiger partial charge in [-0.1, -0.05) is 6.58 Å². The van der Waals surface area contributed by atoms with Crippen LogP contribution >= 0.6 is 0 Å². The Hall–Kier alpha value is -1.05. The Morgan fingerprint density at radius 2 is 2.50 bits per heavy atom. The lowest BCUT2D eigenvalue weighted by atomic mass is 10.6. The van der Waals surface area contributed by atoms with Gasteiger partial charge in [-0.05, 0) is 6.92 Å². The van der Waals surface area contributed by atoms with E-state index in [1.807, 2.05) is 17.0 Å². The second-order valence-corrected chi connectivity index (χ2v) is 2.22. The molecule has 1 rings (SSSR count). The first-order chi connectivity index (χ1) is 4.79. The second kappa shape index (κ2) is 2.69. The van der Waals surface area contributed by atoms with Crippen LogP contribution in [0.2, 0.25) is 0 Å². The number of imidazole rings is 1. The smallest absolute Gasteiger partial charge is 0.234 e. The number of rotatable bonds is 2. The molecule has 0 N–H and O–H groups in total. The molecular weight excluding hydrogens is 124 g/mol. The molecule has 2 heteroatoms. The second-order valence-electron chi connectivity index (χ2n) is 2.22. The predicted octanol–water partition coefficient (Wildman–Crippen LogP) is 1.20. The van der Waals surface area contributed by atoms with Crippen molar-refractivity contribution in [1.29, 1.82) is 0 Å². The monoisotopic (exact) mass is 137 g/mol. The standard InChI is InChI=1S/C8H13N2/c1-4-9-6-7-10(5-2)8(9)3/h4,6-7H,1,5H2,2-3H3/q+1. The van der Waals surface area contributed by atoms with E-state index >= 15 is 0 Å². The Balaban J connectivity index is 3.08. The molecule has 10 heavy (non-hydrogen) atoms. The van der Waals surface area contributed by atoms with E-state index in [4.69, 9.17) is 0 Å². The van der Waals surface area contributed by atoms with Crippen LogP contribution in [0.15, 0.2) is 19.0 Å². The van der Waals surface area contributed by atoms with E-state index in [2.05, 4.69) is 31.2 Å². The van der Waals surface area contributed by atoms with Crippen LogP contribution in [-0.2, 0) is 6.54 Å². The van der Waals surface area contributed by atoms with E-state index < -0.39 is 0 Å². The van der Waals surface area contributed by atoms with Gasteiger partial charge in [-0.2, -0.15) is 0 Å². The molecule has 0 saturated carbocycles. The Kier molecular flexibility index (Phi) is 1.90. The van der Waals surface area contributed by atoms with Crippen LogP contribution < -0.4 is 4.57 Å². The third-order valence-electron chi connectivity index (χ3n) is 1.73. The van der Waals surface area contributed by atoms with Crippen molar-refractivity contribution in [3.8, 4) is 0 Å². The minimum atomic E-state index is 1.02. The predicted molar refractivity (Wildman–Crippen MR) is 41.4 cm³/mol. The number of hydrogen-bond acceptors (Lipinski definition) is 0. The quantitative estimate of drug-likeness (QED) is 0.542. The highest BCUT2D eigenvalue weighted by Gasteiger charge is 2.05. The maximum Gasteiger partial charge on any atom is 0.257 e. The van der Waals surface area contributed by atoms with Gasteiger partial charge in [-0.25, -0.2) is 9.13 Å². The Morgan fingerprint density at radius 1 is 1.80 bits per heavy atom. The van der Waals surface area contributed by atoms with Gasteiger partial charge in [-0.15, -0.1) is 0 Å². The first-order valence-electron chi connectivity index (χ1n) is 3.49. The lowest BCUT2D eigenvalue weighted by Crippen LogP contribution is -2.33. The average molecular weight is 137 g/mol. The largest absolute Gasteiger partial charge is 0.257 e. The molecule has 1 aromatic rings. The van der Waals surface area contributed by atoms with Gasteiger partial charge in [0.05, 0.1) is 12.7 Å². The third-order valence-corrected chi connectivity index (χ3v) is 1.73. The molecule has 0 bridgehead atoms. The molecule has 0 radical (unpaired) electrons. The maximum absolute atomic E-state index is 3.69. The summed E-state index contributed by atoms with van der Waals surface area (Å²) < 4.78 is 4.17. The van der Waals surface area contributed by atoms with E-state index in [1.165, 1.54) is 5.82 Å². The fourth-order valence-electron chi connectivity index (χ4n) is 1.04. The number of hydrogen-bond donors (Lipinski definition) is 0. The molecule has 0 atom stereocenters. The van der Waals surface area contributed by atoms with Gasteiger partial charge in [0, 0.05) is 6.92 Å². The maximum atomic E-state index is 3.69. The normalized spacial score (nSPS) is 9.80. The van der Waals surface area contributed by atoms with Gasteiger partial charge in [0.2, 0.25) is 0 Å². The van der Waals surface area contributed by atoms with E-state index in [-0.39, 0.29) is 0 Å². The van der Waals surface area contributed by atoms with Crippen molar-refractivity contribution in [2.24, 2.45) is 0 Å². The Bertz CT molecular complexity index is 235. The van der Waals surface area contributed by atoms with Crippen molar-refractivity contribution < 1.29 is 4.57 Å². The van der Waals surface area contributed by atoms with Crippen molar-refractivity contribution in [2.75, 3.05) is 0 Å². The third kappa shape index (κ3) is 0.967. The minimum absolute atomic E-state index is 1.02. The molecule has 1 heterocycles. The molecule has 0 unspecified atom stereocenters. The fourth-order valence-corrected chi connectivity index (χ4v) is 1.04. The summed E-state index contributed by atoms with van der Waals surface area (Å²) in [6, 6.07) is 0. The lowest BCUT2D eigenvalue weighted by Gasteiger charge is -1.90. The van der Waals surface area contributed by atoms with E-state index in [1.54, 1.807) is 0 Å². The van der Waals surface area contributed by atoms with Crippen LogP contribution in [-0.4, -0.2) is 4.57 Å².